The van der Waals surface area contributed by atoms with E-state index in [0.717, 1.165) is 16.8 Å². The van der Waals surface area contributed by atoms with E-state index in [1.54, 1.807) is 29.0 Å². The molecule has 1 aromatic heterocycles. The van der Waals surface area contributed by atoms with Gasteiger partial charge in [-0.3, -0.25) is 14.6 Å². The van der Waals surface area contributed by atoms with Gasteiger partial charge in [0.2, 0.25) is 0 Å². The van der Waals surface area contributed by atoms with Gasteiger partial charge in [-0.1, -0.05) is 42.5 Å². The normalized spacial score (nSPS) is 10.4. The predicted molar refractivity (Wildman–Crippen MR) is 115 cm³/mol. The third-order valence-electron chi connectivity index (χ3n) is 4.71. The Morgan fingerprint density at radius 2 is 1.69 bits per heavy atom. The predicted octanol–water partition coefficient (Wildman–Crippen LogP) is 4.33. The molecule has 0 saturated heterocycles. The number of carbonyl (C=O) groups is 2. The number of nitrogens with zero attached hydrogens (tertiary/aromatic N) is 3. The Hall–Kier alpha value is -3.47. The van der Waals surface area contributed by atoms with Gasteiger partial charge in [0, 0.05) is 37.6 Å². The Kier molecular flexibility index (Phi) is 6.39. The van der Waals surface area contributed by atoms with Crippen molar-refractivity contribution in [2.45, 2.75) is 20.4 Å². The fourth-order valence-corrected chi connectivity index (χ4v) is 3.20. The number of benzene rings is 2. The number of hydrogen-bond donors (Lipinski definition) is 0. The second kappa shape index (κ2) is 9.15. The molecule has 0 atom stereocenters. The molecule has 0 bridgehead atoms. The minimum Gasteiger partial charge on any atom is -0.336 e. The molecule has 0 saturated carbocycles. The molecule has 0 N–H and O–H groups in total. The lowest BCUT2D eigenvalue weighted by molar-refractivity contribution is 0.0779. The summed E-state index contributed by atoms with van der Waals surface area (Å²) >= 11 is 0. The van der Waals surface area contributed by atoms with Gasteiger partial charge in [0.05, 0.1) is 0 Å². The number of anilines is 1. The van der Waals surface area contributed by atoms with Crippen LogP contribution < -0.4 is 4.90 Å². The maximum absolute atomic E-state index is 13.1. The van der Waals surface area contributed by atoms with Crippen LogP contribution in [0.1, 0.15) is 38.9 Å². The van der Waals surface area contributed by atoms with E-state index in [1.807, 2.05) is 68.4 Å². The summed E-state index contributed by atoms with van der Waals surface area (Å²) in [6.07, 6.45) is 1.51. The van der Waals surface area contributed by atoms with Crippen molar-refractivity contribution in [1.82, 2.24) is 9.88 Å². The van der Waals surface area contributed by atoms with Crippen molar-refractivity contribution in [2.75, 3.05) is 18.5 Å². The second-order valence-electron chi connectivity index (χ2n) is 6.96. The fourth-order valence-electron chi connectivity index (χ4n) is 3.20. The van der Waals surface area contributed by atoms with Crippen LogP contribution >= 0.6 is 0 Å². The van der Waals surface area contributed by atoms with Gasteiger partial charge in [0.15, 0.2) is 0 Å². The first-order chi connectivity index (χ1) is 14.0. The summed E-state index contributed by atoms with van der Waals surface area (Å²) in [4.78, 5) is 33.4. The fraction of sp³-hybridized carbons (Fsp3) is 0.208. The number of hydrogen-bond acceptors (Lipinski definition) is 3. The summed E-state index contributed by atoms with van der Waals surface area (Å²) in [5.74, 6) is -0.373. The average Bonchev–Trinajstić information content (AvgIpc) is 2.74. The molecule has 148 valence electrons. The molecule has 29 heavy (non-hydrogen) atoms. The lowest BCUT2D eigenvalue weighted by Crippen LogP contribution is -2.31. The molecule has 0 aliphatic carbocycles. The Balaban J connectivity index is 1.80. The van der Waals surface area contributed by atoms with E-state index in [2.05, 4.69) is 4.98 Å². The van der Waals surface area contributed by atoms with Crippen molar-refractivity contribution in [1.29, 1.82) is 0 Å². The standard InChI is InChI=1S/C24H25N3O2/c1-4-27(21-12-8-9-18(2)15-21)23(28)20-13-14-25-22(16-20)24(29)26(3)17-19-10-6-5-7-11-19/h5-16H,4,17H2,1-3H3. The quantitative estimate of drug-likeness (QED) is 0.633. The van der Waals surface area contributed by atoms with Crippen LogP contribution in [0.2, 0.25) is 0 Å². The van der Waals surface area contributed by atoms with Gasteiger partial charge in [-0.2, -0.15) is 0 Å². The van der Waals surface area contributed by atoms with Crippen LogP contribution in [0, 0.1) is 6.92 Å². The molecule has 5 heteroatoms. The minimum atomic E-state index is -0.220. The molecule has 5 nitrogen and oxygen atoms in total. The van der Waals surface area contributed by atoms with Crippen molar-refractivity contribution in [2.24, 2.45) is 0 Å². The monoisotopic (exact) mass is 387 g/mol. The van der Waals surface area contributed by atoms with E-state index >= 15 is 0 Å². The van der Waals surface area contributed by atoms with Crippen LogP contribution in [0.3, 0.4) is 0 Å². The highest BCUT2D eigenvalue weighted by Crippen LogP contribution is 2.19. The summed E-state index contributed by atoms with van der Waals surface area (Å²) in [5.41, 5.74) is 3.66. The number of amides is 2. The molecule has 3 rings (SSSR count). The van der Waals surface area contributed by atoms with E-state index in [1.165, 1.54) is 6.20 Å². The van der Waals surface area contributed by atoms with Gasteiger partial charge >= 0.3 is 0 Å². The number of carbonyl (C=O) groups excluding carboxylic acids is 2. The summed E-state index contributed by atoms with van der Waals surface area (Å²) in [7, 11) is 1.73. The number of rotatable bonds is 6. The van der Waals surface area contributed by atoms with E-state index in [0.29, 0.717) is 18.7 Å². The molecule has 0 fully saturated rings. The van der Waals surface area contributed by atoms with Gasteiger partial charge < -0.3 is 9.80 Å². The lowest BCUT2D eigenvalue weighted by Gasteiger charge is -2.22. The minimum absolute atomic E-state index is 0.153. The smallest absolute Gasteiger partial charge is 0.272 e. The van der Waals surface area contributed by atoms with Gasteiger partial charge in [-0.25, -0.2) is 0 Å². The molecular formula is C24H25N3O2. The zero-order chi connectivity index (χ0) is 20.8. The molecule has 0 spiro atoms. The second-order valence-corrected chi connectivity index (χ2v) is 6.96. The third kappa shape index (κ3) is 4.88. The molecule has 1 heterocycles. The first kappa shape index (κ1) is 20.3. The van der Waals surface area contributed by atoms with Gasteiger partial charge in [-0.05, 0) is 49.2 Å². The van der Waals surface area contributed by atoms with Crippen LogP contribution in [0.4, 0.5) is 5.69 Å². The maximum Gasteiger partial charge on any atom is 0.272 e. The number of aromatic nitrogens is 1. The maximum atomic E-state index is 13.1. The van der Waals surface area contributed by atoms with E-state index in [4.69, 9.17) is 0 Å². The highest BCUT2D eigenvalue weighted by Gasteiger charge is 2.20. The Bertz CT molecular complexity index is 1000. The van der Waals surface area contributed by atoms with Gasteiger partial charge in [0.1, 0.15) is 5.69 Å². The Labute approximate surface area is 171 Å². The Morgan fingerprint density at radius 1 is 0.931 bits per heavy atom. The number of pyridine rings is 1. The first-order valence-electron chi connectivity index (χ1n) is 9.63. The molecule has 0 aliphatic heterocycles. The van der Waals surface area contributed by atoms with Crippen molar-refractivity contribution >= 4 is 17.5 Å². The largest absolute Gasteiger partial charge is 0.336 e. The molecule has 2 aromatic carbocycles. The van der Waals surface area contributed by atoms with Crippen LogP contribution in [-0.2, 0) is 6.54 Å². The summed E-state index contributed by atoms with van der Waals surface area (Å²) in [6.45, 7) is 4.93. The van der Waals surface area contributed by atoms with Crippen molar-refractivity contribution < 1.29 is 9.59 Å². The highest BCUT2D eigenvalue weighted by molar-refractivity contribution is 6.07. The van der Waals surface area contributed by atoms with Crippen LogP contribution in [0.25, 0.3) is 0 Å². The van der Waals surface area contributed by atoms with E-state index in [9.17, 15) is 9.59 Å². The first-order valence-corrected chi connectivity index (χ1v) is 9.63. The summed E-state index contributed by atoms with van der Waals surface area (Å²) in [6, 6.07) is 20.8. The molecule has 2 amide bonds. The lowest BCUT2D eigenvalue weighted by atomic mass is 10.1. The summed E-state index contributed by atoms with van der Waals surface area (Å²) < 4.78 is 0. The van der Waals surface area contributed by atoms with Crippen molar-refractivity contribution in [3.05, 3.63) is 95.3 Å². The topological polar surface area (TPSA) is 53.5 Å². The third-order valence-corrected chi connectivity index (χ3v) is 4.71. The molecule has 3 aromatic rings. The molecular weight excluding hydrogens is 362 g/mol. The zero-order valence-corrected chi connectivity index (χ0v) is 17.0. The van der Waals surface area contributed by atoms with E-state index in [-0.39, 0.29) is 17.5 Å². The van der Waals surface area contributed by atoms with Crippen molar-refractivity contribution in [3.8, 4) is 0 Å². The summed E-state index contributed by atoms with van der Waals surface area (Å²) in [5, 5.41) is 0. The molecule has 0 aliphatic rings. The van der Waals surface area contributed by atoms with Crippen LogP contribution in [0.15, 0.2) is 72.9 Å². The Morgan fingerprint density at radius 3 is 2.38 bits per heavy atom. The molecule has 0 unspecified atom stereocenters. The van der Waals surface area contributed by atoms with Crippen molar-refractivity contribution in [3.63, 3.8) is 0 Å². The SMILES string of the molecule is CCN(C(=O)c1ccnc(C(=O)N(C)Cc2ccccc2)c1)c1cccc(C)c1. The van der Waals surface area contributed by atoms with Crippen LogP contribution in [-0.4, -0.2) is 35.3 Å². The molecule has 0 radical (unpaired) electrons. The average molecular weight is 387 g/mol. The van der Waals surface area contributed by atoms with E-state index < -0.39 is 0 Å². The highest BCUT2D eigenvalue weighted by atomic mass is 16.2. The zero-order valence-electron chi connectivity index (χ0n) is 17.0. The van der Waals surface area contributed by atoms with Gasteiger partial charge in [-0.15, -0.1) is 0 Å². The number of aryl methyl sites for hydroxylation is 1. The van der Waals surface area contributed by atoms with Crippen LogP contribution in [0.5, 0.6) is 0 Å². The van der Waals surface area contributed by atoms with Gasteiger partial charge in [0.25, 0.3) is 11.8 Å².